The average molecular weight is 278 g/mol. The second-order valence-electron chi connectivity index (χ2n) is 6.12. The van der Waals surface area contributed by atoms with Crippen LogP contribution in [0.5, 0.6) is 0 Å². The van der Waals surface area contributed by atoms with Crippen LogP contribution in [0.15, 0.2) is 0 Å². The maximum Gasteiger partial charge on any atom is 0.401 e. The molecular weight excluding hydrogens is 253 g/mol. The van der Waals surface area contributed by atoms with E-state index >= 15 is 0 Å². The highest BCUT2D eigenvalue weighted by molar-refractivity contribution is 4.84. The molecule has 1 saturated carbocycles. The number of nitrogens with one attached hydrogen (secondary N) is 1. The standard InChI is InChI=1S/C14H25F3N2/c1-2-12(9-11-3-4-11)18-13-5-7-19(8-6-13)10-14(15,16)17/h11-13,18H,2-10H2,1H3. The maximum atomic E-state index is 12.3. The summed E-state index contributed by atoms with van der Waals surface area (Å²) in [7, 11) is 0. The Kier molecular flexibility index (Phi) is 5.12. The predicted octanol–water partition coefficient (Wildman–Crippen LogP) is 3.18. The van der Waals surface area contributed by atoms with E-state index in [2.05, 4.69) is 12.2 Å². The first-order valence-corrected chi connectivity index (χ1v) is 7.51. The van der Waals surface area contributed by atoms with Crippen LogP contribution in [-0.2, 0) is 0 Å². The van der Waals surface area contributed by atoms with Gasteiger partial charge in [-0.15, -0.1) is 0 Å². The third-order valence-electron chi connectivity index (χ3n) is 4.27. The molecule has 0 aromatic heterocycles. The predicted molar refractivity (Wildman–Crippen MR) is 70.1 cm³/mol. The lowest BCUT2D eigenvalue weighted by molar-refractivity contribution is -0.148. The molecule has 0 spiro atoms. The summed E-state index contributed by atoms with van der Waals surface area (Å²) in [4.78, 5) is 1.53. The highest BCUT2D eigenvalue weighted by Crippen LogP contribution is 2.34. The van der Waals surface area contributed by atoms with E-state index in [1.807, 2.05) is 0 Å². The van der Waals surface area contributed by atoms with Gasteiger partial charge in [0.05, 0.1) is 6.54 Å². The summed E-state index contributed by atoms with van der Waals surface area (Å²) in [5.41, 5.74) is 0. The molecule has 19 heavy (non-hydrogen) atoms. The van der Waals surface area contributed by atoms with Gasteiger partial charge in [-0.05, 0) is 44.7 Å². The van der Waals surface area contributed by atoms with E-state index in [-0.39, 0.29) is 0 Å². The topological polar surface area (TPSA) is 15.3 Å². The van der Waals surface area contributed by atoms with E-state index in [1.165, 1.54) is 24.2 Å². The molecule has 0 bridgehead atoms. The Balaban J connectivity index is 1.67. The van der Waals surface area contributed by atoms with Gasteiger partial charge in [0.1, 0.15) is 0 Å². The number of alkyl halides is 3. The van der Waals surface area contributed by atoms with Crippen molar-refractivity contribution < 1.29 is 13.2 Å². The maximum absolute atomic E-state index is 12.3. The summed E-state index contributed by atoms with van der Waals surface area (Å²) in [5.74, 6) is 0.905. The van der Waals surface area contributed by atoms with Crippen molar-refractivity contribution in [3.63, 3.8) is 0 Å². The SMILES string of the molecule is CCC(CC1CC1)NC1CCN(CC(F)(F)F)CC1. The molecule has 2 aliphatic rings. The fourth-order valence-corrected chi connectivity index (χ4v) is 2.95. The van der Waals surface area contributed by atoms with Crippen molar-refractivity contribution >= 4 is 0 Å². The first-order valence-electron chi connectivity index (χ1n) is 7.51. The summed E-state index contributed by atoms with van der Waals surface area (Å²) in [6, 6.07) is 0.972. The molecule has 0 radical (unpaired) electrons. The van der Waals surface area contributed by atoms with E-state index in [1.54, 1.807) is 0 Å². The summed E-state index contributed by atoms with van der Waals surface area (Å²) in [6.45, 7) is 2.58. The van der Waals surface area contributed by atoms with Crippen molar-refractivity contribution in [2.45, 2.75) is 63.7 Å². The Hall–Kier alpha value is -0.290. The summed E-state index contributed by atoms with van der Waals surface area (Å²) in [5, 5.41) is 3.65. The smallest absolute Gasteiger partial charge is 0.311 e. The molecule has 112 valence electrons. The number of rotatable bonds is 6. The van der Waals surface area contributed by atoms with Crippen molar-refractivity contribution in [3.05, 3.63) is 0 Å². The largest absolute Gasteiger partial charge is 0.401 e. The van der Waals surface area contributed by atoms with Gasteiger partial charge in [-0.2, -0.15) is 13.2 Å². The third-order valence-corrected chi connectivity index (χ3v) is 4.27. The number of nitrogens with zero attached hydrogens (tertiary/aromatic N) is 1. The number of piperidine rings is 1. The Morgan fingerprint density at radius 2 is 1.79 bits per heavy atom. The van der Waals surface area contributed by atoms with Crippen LogP contribution in [0.2, 0.25) is 0 Å². The molecule has 0 aromatic carbocycles. The van der Waals surface area contributed by atoms with Crippen molar-refractivity contribution in [2.24, 2.45) is 5.92 Å². The normalized spacial score (nSPS) is 24.6. The van der Waals surface area contributed by atoms with Crippen molar-refractivity contribution in [3.8, 4) is 0 Å². The molecule has 5 heteroatoms. The van der Waals surface area contributed by atoms with Crippen molar-refractivity contribution in [1.82, 2.24) is 10.2 Å². The van der Waals surface area contributed by atoms with E-state index in [0.717, 1.165) is 25.2 Å². The molecule has 1 saturated heterocycles. The first-order chi connectivity index (χ1) is 8.96. The minimum atomic E-state index is -4.06. The molecule has 1 heterocycles. The molecule has 0 amide bonds. The van der Waals surface area contributed by atoms with E-state index in [9.17, 15) is 13.2 Å². The average Bonchev–Trinajstić information content (AvgIpc) is 3.13. The number of likely N-dealkylation sites (tertiary alicyclic amines) is 1. The van der Waals surface area contributed by atoms with Crippen LogP contribution >= 0.6 is 0 Å². The molecule has 1 aliphatic heterocycles. The minimum Gasteiger partial charge on any atom is -0.311 e. The zero-order valence-corrected chi connectivity index (χ0v) is 11.7. The second kappa shape index (κ2) is 6.44. The van der Waals surface area contributed by atoms with Crippen molar-refractivity contribution in [1.29, 1.82) is 0 Å². The van der Waals surface area contributed by atoms with Gasteiger partial charge >= 0.3 is 6.18 Å². The van der Waals surface area contributed by atoms with Crippen molar-refractivity contribution in [2.75, 3.05) is 19.6 Å². The number of hydrogen-bond acceptors (Lipinski definition) is 2. The minimum absolute atomic E-state index is 0.410. The second-order valence-corrected chi connectivity index (χ2v) is 6.12. The lowest BCUT2D eigenvalue weighted by atomic mass is 10.0. The van der Waals surface area contributed by atoms with Gasteiger partial charge in [0, 0.05) is 12.1 Å². The number of halogens is 3. The van der Waals surface area contributed by atoms with Gasteiger partial charge in [0.2, 0.25) is 0 Å². The molecule has 2 rings (SSSR count). The molecule has 2 fully saturated rings. The monoisotopic (exact) mass is 278 g/mol. The lowest BCUT2D eigenvalue weighted by Crippen LogP contribution is -2.48. The van der Waals surface area contributed by atoms with Crippen LogP contribution in [0.25, 0.3) is 0 Å². The summed E-state index contributed by atoms with van der Waals surface area (Å²) < 4.78 is 36.9. The molecule has 0 aromatic rings. The van der Waals surface area contributed by atoms with Crippen LogP contribution < -0.4 is 5.32 Å². The van der Waals surface area contributed by atoms with Gasteiger partial charge in [0.15, 0.2) is 0 Å². The molecule has 1 N–H and O–H groups in total. The molecule has 1 atom stereocenters. The summed E-state index contributed by atoms with van der Waals surface area (Å²) in [6.07, 6.45) is 2.73. The summed E-state index contributed by atoms with van der Waals surface area (Å²) >= 11 is 0. The van der Waals surface area contributed by atoms with Crippen LogP contribution in [0.3, 0.4) is 0 Å². The highest BCUT2D eigenvalue weighted by Gasteiger charge is 2.33. The third kappa shape index (κ3) is 5.69. The van der Waals surface area contributed by atoms with Gasteiger partial charge in [-0.1, -0.05) is 19.8 Å². The molecule has 1 aliphatic carbocycles. The molecular formula is C14H25F3N2. The zero-order valence-electron chi connectivity index (χ0n) is 11.7. The van der Waals surface area contributed by atoms with Crippen LogP contribution in [-0.4, -0.2) is 42.8 Å². The highest BCUT2D eigenvalue weighted by atomic mass is 19.4. The Morgan fingerprint density at radius 3 is 2.26 bits per heavy atom. The quantitative estimate of drug-likeness (QED) is 0.803. The van der Waals surface area contributed by atoms with Crippen LogP contribution in [0.1, 0.15) is 45.4 Å². The van der Waals surface area contributed by atoms with Gasteiger partial charge in [-0.25, -0.2) is 0 Å². The van der Waals surface area contributed by atoms with E-state index in [4.69, 9.17) is 0 Å². The van der Waals surface area contributed by atoms with E-state index in [0.29, 0.717) is 25.2 Å². The van der Waals surface area contributed by atoms with Gasteiger partial charge in [0.25, 0.3) is 0 Å². The van der Waals surface area contributed by atoms with Gasteiger partial charge in [-0.3, -0.25) is 4.90 Å². The lowest BCUT2D eigenvalue weighted by Gasteiger charge is -2.34. The molecule has 1 unspecified atom stereocenters. The fourth-order valence-electron chi connectivity index (χ4n) is 2.95. The Labute approximate surface area is 113 Å². The fraction of sp³-hybridized carbons (Fsp3) is 1.00. The Bertz CT molecular complexity index is 268. The zero-order chi connectivity index (χ0) is 13.9. The number of hydrogen-bond donors (Lipinski definition) is 1. The first kappa shape index (κ1) is 15.1. The van der Waals surface area contributed by atoms with E-state index < -0.39 is 12.7 Å². The Morgan fingerprint density at radius 1 is 1.16 bits per heavy atom. The van der Waals surface area contributed by atoms with Crippen LogP contribution in [0.4, 0.5) is 13.2 Å². The molecule has 2 nitrogen and oxygen atoms in total. The van der Waals surface area contributed by atoms with Gasteiger partial charge < -0.3 is 5.32 Å². The van der Waals surface area contributed by atoms with Crippen LogP contribution in [0, 0.1) is 5.92 Å².